The van der Waals surface area contributed by atoms with Crippen LogP contribution in [0.3, 0.4) is 0 Å². The molecule has 7 heteroatoms. The molecule has 1 aromatic rings. The molecule has 2 unspecified atom stereocenters. The van der Waals surface area contributed by atoms with Crippen molar-refractivity contribution in [3.63, 3.8) is 0 Å². The first kappa shape index (κ1) is 20.4. The van der Waals surface area contributed by atoms with Gasteiger partial charge in [-0.15, -0.1) is 0 Å². The van der Waals surface area contributed by atoms with Gasteiger partial charge in [-0.2, -0.15) is 0 Å². The standard InChI is InChI=1S/C22H28F2N2O3/c1-25(20(27)15-16-7-8-17(23)18(24)14-16)21-19(26-10-4-5-11-26)6-2-3-9-22(21)28-12-13-29-22/h4-5,7-8,14,19,21H,2-3,6,9-13,15H2,1H3. The zero-order valence-electron chi connectivity index (χ0n) is 16.8. The molecule has 2 heterocycles. The molecule has 1 saturated carbocycles. The van der Waals surface area contributed by atoms with Gasteiger partial charge < -0.3 is 14.4 Å². The third kappa shape index (κ3) is 4.09. The first-order chi connectivity index (χ1) is 14.0. The van der Waals surface area contributed by atoms with E-state index in [0.29, 0.717) is 18.8 Å². The van der Waals surface area contributed by atoms with Crippen molar-refractivity contribution in [2.24, 2.45) is 0 Å². The van der Waals surface area contributed by atoms with E-state index in [9.17, 15) is 13.6 Å². The Morgan fingerprint density at radius 1 is 1.17 bits per heavy atom. The van der Waals surface area contributed by atoms with Gasteiger partial charge in [0.1, 0.15) is 6.04 Å². The summed E-state index contributed by atoms with van der Waals surface area (Å²) in [7, 11) is 1.78. The predicted molar refractivity (Wildman–Crippen MR) is 104 cm³/mol. The normalized spacial score (nSPS) is 26.7. The molecule has 0 N–H and O–H groups in total. The number of hydrogen-bond donors (Lipinski definition) is 0. The van der Waals surface area contributed by atoms with E-state index in [2.05, 4.69) is 17.1 Å². The second-order valence-corrected chi connectivity index (χ2v) is 8.12. The minimum atomic E-state index is -0.938. The molecule has 1 saturated heterocycles. The Labute approximate surface area is 170 Å². The molecule has 29 heavy (non-hydrogen) atoms. The molecule has 0 bridgehead atoms. The maximum Gasteiger partial charge on any atom is 0.227 e. The average Bonchev–Trinajstić information content (AvgIpc) is 3.36. The lowest BCUT2D eigenvalue weighted by atomic mass is 9.93. The van der Waals surface area contributed by atoms with Gasteiger partial charge >= 0.3 is 0 Å². The van der Waals surface area contributed by atoms with Crippen molar-refractivity contribution in [1.82, 2.24) is 9.80 Å². The summed E-state index contributed by atoms with van der Waals surface area (Å²) in [6.45, 7) is 2.74. The summed E-state index contributed by atoms with van der Waals surface area (Å²) in [6.07, 6.45) is 8.05. The number of likely N-dealkylation sites (N-methyl/N-ethyl adjacent to an activating group) is 1. The highest BCUT2D eigenvalue weighted by molar-refractivity contribution is 5.79. The highest BCUT2D eigenvalue weighted by Crippen LogP contribution is 2.40. The van der Waals surface area contributed by atoms with E-state index in [-0.39, 0.29) is 24.4 Å². The van der Waals surface area contributed by atoms with Crippen LogP contribution in [0, 0.1) is 11.6 Å². The summed E-state index contributed by atoms with van der Waals surface area (Å²) in [6, 6.07) is 3.47. The van der Waals surface area contributed by atoms with Gasteiger partial charge in [-0.1, -0.05) is 24.6 Å². The molecular weight excluding hydrogens is 378 g/mol. The lowest BCUT2D eigenvalue weighted by Crippen LogP contribution is -2.63. The van der Waals surface area contributed by atoms with E-state index in [1.807, 2.05) is 0 Å². The molecule has 2 fully saturated rings. The van der Waals surface area contributed by atoms with E-state index in [0.717, 1.165) is 50.9 Å². The van der Waals surface area contributed by atoms with Crippen LogP contribution in [-0.2, 0) is 20.7 Å². The van der Waals surface area contributed by atoms with Gasteiger partial charge in [0.15, 0.2) is 17.4 Å². The Bertz CT molecular complexity index is 771. The molecule has 4 rings (SSSR count). The Morgan fingerprint density at radius 2 is 1.90 bits per heavy atom. The van der Waals surface area contributed by atoms with Crippen molar-refractivity contribution in [2.75, 3.05) is 33.4 Å². The number of amides is 1. The van der Waals surface area contributed by atoms with Crippen LogP contribution in [0.4, 0.5) is 8.78 Å². The summed E-state index contributed by atoms with van der Waals surface area (Å²) < 4.78 is 39.1. The van der Waals surface area contributed by atoms with Crippen LogP contribution in [0.25, 0.3) is 0 Å². The Hall–Kier alpha value is -1.83. The van der Waals surface area contributed by atoms with Crippen molar-refractivity contribution in [1.29, 1.82) is 0 Å². The Kier molecular flexibility index (Phi) is 5.99. The van der Waals surface area contributed by atoms with Gasteiger partial charge in [-0.3, -0.25) is 9.69 Å². The SMILES string of the molecule is CN(C(=O)Cc1ccc(F)c(F)c1)C1C(N2CC=CC2)CCCCC12OCCO2. The molecule has 1 aromatic carbocycles. The van der Waals surface area contributed by atoms with Crippen molar-refractivity contribution >= 4 is 5.91 Å². The number of carbonyl (C=O) groups is 1. The van der Waals surface area contributed by atoms with Crippen LogP contribution in [0.15, 0.2) is 30.4 Å². The molecule has 1 spiro atoms. The molecular formula is C22H28F2N2O3. The van der Waals surface area contributed by atoms with Crippen LogP contribution in [-0.4, -0.2) is 66.9 Å². The fourth-order valence-corrected chi connectivity index (χ4v) is 4.91. The topological polar surface area (TPSA) is 42.0 Å². The highest BCUT2D eigenvalue weighted by Gasteiger charge is 2.53. The number of carbonyl (C=O) groups excluding carboxylic acids is 1. The number of benzene rings is 1. The third-order valence-corrected chi connectivity index (χ3v) is 6.33. The number of halogens is 2. The quantitative estimate of drug-likeness (QED) is 0.722. The molecule has 0 aromatic heterocycles. The molecule has 158 valence electrons. The summed E-state index contributed by atoms with van der Waals surface area (Å²) in [5.74, 6) is -2.81. The summed E-state index contributed by atoms with van der Waals surface area (Å²) >= 11 is 0. The maximum atomic E-state index is 13.6. The van der Waals surface area contributed by atoms with Crippen LogP contribution in [0.5, 0.6) is 0 Å². The molecule has 1 aliphatic carbocycles. The smallest absolute Gasteiger partial charge is 0.227 e. The number of nitrogens with zero attached hydrogens (tertiary/aromatic N) is 2. The summed E-state index contributed by atoms with van der Waals surface area (Å²) in [5, 5.41) is 0. The van der Waals surface area contributed by atoms with Crippen LogP contribution in [0.1, 0.15) is 31.2 Å². The summed E-state index contributed by atoms with van der Waals surface area (Å²) in [5.41, 5.74) is 0.455. The summed E-state index contributed by atoms with van der Waals surface area (Å²) in [4.78, 5) is 17.3. The Morgan fingerprint density at radius 3 is 2.59 bits per heavy atom. The number of ether oxygens (including phenoxy) is 2. The first-order valence-corrected chi connectivity index (χ1v) is 10.4. The van der Waals surface area contributed by atoms with Crippen molar-refractivity contribution < 1.29 is 23.0 Å². The molecule has 3 aliphatic rings. The number of rotatable bonds is 4. The lowest BCUT2D eigenvalue weighted by Gasteiger charge is -2.46. The average molecular weight is 406 g/mol. The first-order valence-electron chi connectivity index (χ1n) is 10.4. The van der Waals surface area contributed by atoms with Gasteiger partial charge in [0, 0.05) is 32.6 Å². The number of hydrogen-bond acceptors (Lipinski definition) is 4. The second-order valence-electron chi connectivity index (χ2n) is 8.12. The highest BCUT2D eigenvalue weighted by atomic mass is 19.2. The van der Waals surface area contributed by atoms with E-state index in [1.165, 1.54) is 6.07 Å². The monoisotopic (exact) mass is 406 g/mol. The van der Waals surface area contributed by atoms with Gasteiger partial charge in [0.05, 0.1) is 19.6 Å². The van der Waals surface area contributed by atoms with E-state index in [1.54, 1.807) is 11.9 Å². The van der Waals surface area contributed by atoms with Gasteiger partial charge in [0.2, 0.25) is 5.91 Å². The van der Waals surface area contributed by atoms with Gasteiger partial charge in [-0.25, -0.2) is 8.78 Å². The zero-order valence-corrected chi connectivity index (χ0v) is 16.8. The van der Waals surface area contributed by atoms with Crippen molar-refractivity contribution in [2.45, 2.75) is 50.0 Å². The lowest BCUT2D eigenvalue weighted by molar-refractivity contribution is -0.214. The van der Waals surface area contributed by atoms with Gasteiger partial charge in [-0.05, 0) is 30.5 Å². The van der Waals surface area contributed by atoms with Crippen LogP contribution in [0.2, 0.25) is 0 Å². The molecule has 5 nitrogen and oxygen atoms in total. The second kappa shape index (κ2) is 8.50. The van der Waals surface area contributed by atoms with E-state index < -0.39 is 17.4 Å². The zero-order chi connectivity index (χ0) is 20.4. The predicted octanol–water partition coefficient (Wildman–Crippen LogP) is 2.89. The van der Waals surface area contributed by atoms with E-state index in [4.69, 9.17) is 9.47 Å². The molecule has 2 atom stereocenters. The minimum Gasteiger partial charge on any atom is -0.345 e. The maximum absolute atomic E-state index is 13.6. The van der Waals surface area contributed by atoms with Gasteiger partial charge in [0.25, 0.3) is 0 Å². The molecule has 2 aliphatic heterocycles. The van der Waals surface area contributed by atoms with Crippen LogP contribution >= 0.6 is 0 Å². The molecule has 0 radical (unpaired) electrons. The van der Waals surface area contributed by atoms with E-state index >= 15 is 0 Å². The minimum absolute atomic E-state index is 0.00521. The Balaban J connectivity index is 1.60. The fourth-order valence-electron chi connectivity index (χ4n) is 4.91. The molecule has 1 amide bonds. The largest absolute Gasteiger partial charge is 0.345 e. The third-order valence-electron chi connectivity index (χ3n) is 6.33. The fraction of sp³-hybridized carbons (Fsp3) is 0.591. The van der Waals surface area contributed by atoms with Crippen molar-refractivity contribution in [3.05, 3.63) is 47.5 Å². The van der Waals surface area contributed by atoms with Crippen molar-refractivity contribution in [3.8, 4) is 0 Å². The van der Waals surface area contributed by atoms with Crippen LogP contribution < -0.4 is 0 Å².